The van der Waals surface area contributed by atoms with Gasteiger partial charge in [-0.25, -0.2) is 4.79 Å². The van der Waals surface area contributed by atoms with Crippen molar-refractivity contribution < 1.29 is 14.6 Å². The average molecular weight is 273 g/mol. The Morgan fingerprint density at radius 1 is 1.44 bits per heavy atom. The predicted octanol–water partition coefficient (Wildman–Crippen LogP) is 1.75. The van der Waals surface area contributed by atoms with Gasteiger partial charge in [0.2, 0.25) is 0 Å². The maximum Gasteiger partial charge on any atom is 0.317 e. The number of benzene rings is 1. The number of hydrogen-bond donors (Lipinski definition) is 3. The fourth-order valence-corrected chi connectivity index (χ4v) is 1.39. The smallest absolute Gasteiger partial charge is 0.317 e. The third-order valence-corrected chi connectivity index (χ3v) is 2.33. The molecule has 0 fully saturated rings. The summed E-state index contributed by atoms with van der Waals surface area (Å²) in [7, 11) is 0. The summed E-state index contributed by atoms with van der Waals surface area (Å²) in [6.07, 6.45) is 0.0696. The Bertz CT molecular complexity index is 370. The highest BCUT2D eigenvalue weighted by molar-refractivity contribution is 6.30. The van der Waals surface area contributed by atoms with Crippen molar-refractivity contribution in [3.8, 4) is 5.75 Å². The predicted molar refractivity (Wildman–Crippen MR) is 69.8 cm³/mol. The number of aliphatic hydroxyl groups excluding tert-OH is 1. The van der Waals surface area contributed by atoms with Gasteiger partial charge in [0.05, 0.1) is 0 Å². The van der Waals surface area contributed by atoms with E-state index < -0.39 is 6.23 Å². The van der Waals surface area contributed by atoms with Gasteiger partial charge in [-0.2, -0.15) is 0 Å². The highest BCUT2D eigenvalue weighted by Crippen LogP contribution is 2.16. The number of urea groups is 1. The molecule has 0 aliphatic rings. The second kappa shape index (κ2) is 7.79. The Morgan fingerprint density at radius 2 is 2.11 bits per heavy atom. The first-order chi connectivity index (χ1) is 8.61. The van der Waals surface area contributed by atoms with Crippen molar-refractivity contribution in [2.45, 2.75) is 19.6 Å². The summed E-state index contributed by atoms with van der Waals surface area (Å²) in [6.45, 7) is 2.20. The van der Waals surface area contributed by atoms with E-state index in [2.05, 4.69) is 10.6 Å². The third kappa shape index (κ3) is 5.75. The molecule has 2 amide bonds. The summed E-state index contributed by atoms with van der Waals surface area (Å²) >= 11 is 5.75. The topological polar surface area (TPSA) is 70.6 Å². The molecule has 5 nitrogen and oxygen atoms in total. The van der Waals surface area contributed by atoms with Gasteiger partial charge in [0.25, 0.3) is 0 Å². The number of ether oxygens (including phenoxy) is 1. The molecule has 0 saturated carbocycles. The minimum absolute atomic E-state index is 0.0527. The van der Waals surface area contributed by atoms with Crippen LogP contribution in [0.25, 0.3) is 0 Å². The normalized spacial score (nSPS) is 11.7. The van der Waals surface area contributed by atoms with Gasteiger partial charge in [0.15, 0.2) is 6.23 Å². The third-order valence-electron chi connectivity index (χ3n) is 2.08. The van der Waals surface area contributed by atoms with Crippen LogP contribution < -0.4 is 15.4 Å². The van der Waals surface area contributed by atoms with E-state index in [4.69, 9.17) is 21.4 Å². The van der Waals surface area contributed by atoms with E-state index >= 15 is 0 Å². The molecule has 6 heteroatoms. The Kier molecular flexibility index (Phi) is 6.32. The van der Waals surface area contributed by atoms with Crippen LogP contribution in [-0.4, -0.2) is 30.5 Å². The molecule has 0 bridgehead atoms. The lowest BCUT2D eigenvalue weighted by Gasteiger charge is -2.16. The summed E-state index contributed by atoms with van der Waals surface area (Å²) in [5.41, 5.74) is 0. The average Bonchev–Trinajstić information content (AvgIpc) is 2.32. The van der Waals surface area contributed by atoms with Crippen molar-refractivity contribution in [1.29, 1.82) is 0 Å². The summed E-state index contributed by atoms with van der Waals surface area (Å²) in [6, 6.07) is 6.55. The molecule has 3 N–H and O–H groups in total. The molecule has 0 heterocycles. The quantitative estimate of drug-likeness (QED) is 0.546. The van der Waals surface area contributed by atoms with Gasteiger partial charge in [-0.3, -0.25) is 0 Å². The first-order valence-corrected chi connectivity index (χ1v) is 6.07. The van der Waals surface area contributed by atoms with Crippen molar-refractivity contribution in [3.05, 3.63) is 29.3 Å². The van der Waals surface area contributed by atoms with Crippen LogP contribution in [0.1, 0.15) is 13.3 Å². The number of rotatable bonds is 6. The Balaban J connectivity index is 2.30. The van der Waals surface area contributed by atoms with E-state index in [0.717, 1.165) is 0 Å². The van der Waals surface area contributed by atoms with Crippen LogP contribution in [0.5, 0.6) is 5.75 Å². The summed E-state index contributed by atoms with van der Waals surface area (Å²) in [5.74, 6) is 0.627. The standard InChI is InChI=1S/C12H17ClN2O3/c1-9(15-12(17)14-7-2-8-16)18-11-5-3-10(13)4-6-11/h3-6,9,16H,2,7-8H2,1H3,(H2,14,15,17). The number of aliphatic hydroxyl groups is 1. The lowest BCUT2D eigenvalue weighted by Crippen LogP contribution is -2.43. The highest BCUT2D eigenvalue weighted by Gasteiger charge is 2.07. The van der Waals surface area contributed by atoms with Gasteiger partial charge in [-0.1, -0.05) is 11.6 Å². The van der Waals surface area contributed by atoms with Gasteiger partial charge in [0, 0.05) is 18.2 Å². The van der Waals surface area contributed by atoms with Gasteiger partial charge in [0.1, 0.15) is 5.75 Å². The van der Waals surface area contributed by atoms with Crippen molar-refractivity contribution in [2.24, 2.45) is 0 Å². The SMILES string of the molecule is CC(NC(=O)NCCCO)Oc1ccc(Cl)cc1. The molecule has 1 aromatic rings. The molecule has 1 rings (SSSR count). The number of carbonyl (C=O) groups is 1. The minimum Gasteiger partial charge on any atom is -0.471 e. The molecule has 0 aromatic heterocycles. The monoisotopic (exact) mass is 272 g/mol. The molecule has 1 atom stereocenters. The van der Waals surface area contributed by atoms with Crippen LogP contribution >= 0.6 is 11.6 Å². The van der Waals surface area contributed by atoms with Crippen molar-refractivity contribution in [1.82, 2.24) is 10.6 Å². The van der Waals surface area contributed by atoms with Crippen LogP contribution in [0.2, 0.25) is 5.02 Å². The van der Waals surface area contributed by atoms with Crippen LogP contribution in [0.15, 0.2) is 24.3 Å². The fraction of sp³-hybridized carbons (Fsp3) is 0.417. The molecule has 1 aromatic carbocycles. The van der Waals surface area contributed by atoms with Crippen molar-refractivity contribution >= 4 is 17.6 Å². The molecular weight excluding hydrogens is 256 g/mol. The molecular formula is C12H17ClN2O3. The largest absolute Gasteiger partial charge is 0.471 e. The fourth-order valence-electron chi connectivity index (χ4n) is 1.26. The Hall–Kier alpha value is -1.46. The van der Waals surface area contributed by atoms with Gasteiger partial charge < -0.3 is 20.5 Å². The van der Waals surface area contributed by atoms with E-state index in [9.17, 15) is 4.79 Å². The van der Waals surface area contributed by atoms with E-state index in [-0.39, 0.29) is 12.6 Å². The summed E-state index contributed by atoms with van der Waals surface area (Å²) < 4.78 is 5.47. The molecule has 100 valence electrons. The second-order valence-corrected chi connectivity index (χ2v) is 4.13. The Labute approximate surface area is 111 Å². The van der Waals surface area contributed by atoms with Crippen LogP contribution in [0, 0.1) is 0 Å². The zero-order valence-corrected chi connectivity index (χ0v) is 10.9. The molecule has 0 radical (unpaired) electrons. The highest BCUT2D eigenvalue weighted by atomic mass is 35.5. The zero-order chi connectivity index (χ0) is 13.4. The number of halogens is 1. The van der Waals surface area contributed by atoms with E-state index in [1.54, 1.807) is 31.2 Å². The summed E-state index contributed by atoms with van der Waals surface area (Å²) in [4.78, 5) is 11.4. The van der Waals surface area contributed by atoms with E-state index in [1.807, 2.05) is 0 Å². The van der Waals surface area contributed by atoms with Gasteiger partial charge in [-0.05, 0) is 37.6 Å². The van der Waals surface area contributed by atoms with Crippen molar-refractivity contribution in [2.75, 3.05) is 13.2 Å². The van der Waals surface area contributed by atoms with Gasteiger partial charge >= 0.3 is 6.03 Å². The molecule has 0 aliphatic heterocycles. The zero-order valence-electron chi connectivity index (χ0n) is 10.1. The summed E-state index contributed by atoms with van der Waals surface area (Å²) in [5, 5.41) is 14.4. The molecule has 0 spiro atoms. The van der Waals surface area contributed by atoms with Crippen LogP contribution in [0.3, 0.4) is 0 Å². The lowest BCUT2D eigenvalue weighted by molar-refractivity contribution is 0.176. The minimum atomic E-state index is -0.458. The molecule has 0 saturated heterocycles. The Morgan fingerprint density at radius 3 is 2.72 bits per heavy atom. The van der Waals surface area contributed by atoms with Gasteiger partial charge in [-0.15, -0.1) is 0 Å². The number of hydrogen-bond acceptors (Lipinski definition) is 3. The van der Waals surface area contributed by atoms with E-state index in [0.29, 0.717) is 23.7 Å². The second-order valence-electron chi connectivity index (χ2n) is 3.69. The van der Waals surface area contributed by atoms with Crippen LogP contribution in [0.4, 0.5) is 4.79 Å². The molecule has 0 aliphatic carbocycles. The maximum atomic E-state index is 11.4. The first kappa shape index (κ1) is 14.6. The first-order valence-electron chi connectivity index (χ1n) is 5.69. The lowest BCUT2D eigenvalue weighted by atomic mass is 10.3. The van der Waals surface area contributed by atoms with Crippen molar-refractivity contribution in [3.63, 3.8) is 0 Å². The number of amides is 2. The molecule has 18 heavy (non-hydrogen) atoms. The number of carbonyl (C=O) groups excluding carboxylic acids is 1. The maximum absolute atomic E-state index is 11.4. The number of nitrogens with one attached hydrogen (secondary N) is 2. The van der Waals surface area contributed by atoms with Crippen LogP contribution in [-0.2, 0) is 0 Å². The molecule has 1 unspecified atom stereocenters. The van der Waals surface area contributed by atoms with E-state index in [1.165, 1.54) is 0 Å².